The van der Waals surface area contributed by atoms with Crippen LogP contribution in [0.15, 0.2) is 42.5 Å². The third-order valence-corrected chi connectivity index (χ3v) is 3.50. The van der Waals surface area contributed by atoms with Gasteiger partial charge in [0, 0.05) is 17.3 Å². The normalized spacial score (nSPS) is 12.2. The lowest BCUT2D eigenvalue weighted by atomic mass is 10.1. The van der Waals surface area contributed by atoms with Gasteiger partial charge in [0.25, 0.3) is 0 Å². The number of hydrogen-bond acceptors (Lipinski definition) is 4. The van der Waals surface area contributed by atoms with Crippen LogP contribution < -0.4 is 20.1 Å². The Morgan fingerprint density at radius 2 is 1.73 bits per heavy atom. The molecule has 140 valence electrons. The van der Waals surface area contributed by atoms with Crippen LogP contribution in [0.5, 0.6) is 17.2 Å². The topological polar surface area (TPSA) is 59.6 Å². The SMILES string of the molecule is COc1ccccc1Oc1ccc(NC(C)C(=O)NC(C)(C)C)cc1F. The molecule has 5 nitrogen and oxygen atoms in total. The maximum Gasteiger partial charge on any atom is 0.242 e. The Kier molecular flexibility index (Phi) is 6.08. The van der Waals surface area contributed by atoms with Crippen molar-refractivity contribution in [3.8, 4) is 17.2 Å². The van der Waals surface area contributed by atoms with Crippen molar-refractivity contribution in [3.63, 3.8) is 0 Å². The van der Waals surface area contributed by atoms with Crippen molar-refractivity contribution in [2.75, 3.05) is 12.4 Å². The van der Waals surface area contributed by atoms with Gasteiger partial charge in [0.1, 0.15) is 6.04 Å². The Balaban J connectivity index is 2.08. The summed E-state index contributed by atoms with van der Waals surface area (Å²) in [6.07, 6.45) is 0. The monoisotopic (exact) mass is 360 g/mol. The second kappa shape index (κ2) is 8.08. The molecule has 1 unspecified atom stereocenters. The van der Waals surface area contributed by atoms with E-state index < -0.39 is 11.9 Å². The predicted molar refractivity (Wildman–Crippen MR) is 100 cm³/mol. The van der Waals surface area contributed by atoms with E-state index in [1.165, 1.54) is 19.2 Å². The minimum absolute atomic E-state index is 0.0758. The number of anilines is 1. The Labute approximate surface area is 153 Å². The summed E-state index contributed by atoms with van der Waals surface area (Å²) < 4.78 is 25.2. The summed E-state index contributed by atoms with van der Waals surface area (Å²) in [6.45, 7) is 7.43. The number of carbonyl (C=O) groups is 1. The van der Waals surface area contributed by atoms with Crippen molar-refractivity contribution in [2.45, 2.75) is 39.3 Å². The molecule has 2 aromatic rings. The molecule has 2 rings (SSSR count). The second-order valence-electron chi connectivity index (χ2n) is 7.00. The molecule has 0 spiro atoms. The van der Waals surface area contributed by atoms with Crippen LogP contribution in [0.3, 0.4) is 0 Å². The van der Waals surface area contributed by atoms with Crippen LogP contribution in [0.25, 0.3) is 0 Å². The van der Waals surface area contributed by atoms with E-state index in [-0.39, 0.29) is 17.2 Å². The number of carbonyl (C=O) groups excluding carboxylic acids is 1. The molecule has 0 aliphatic heterocycles. The number of hydrogen-bond donors (Lipinski definition) is 2. The Bertz CT molecular complexity index is 772. The summed E-state index contributed by atoms with van der Waals surface area (Å²) in [7, 11) is 1.52. The van der Waals surface area contributed by atoms with Crippen LogP contribution in [0.4, 0.5) is 10.1 Å². The average molecular weight is 360 g/mol. The van der Waals surface area contributed by atoms with Crippen LogP contribution in [-0.4, -0.2) is 24.6 Å². The van der Waals surface area contributed by atoms with Gasteiger partial charge < -0.3 is 20.1 Å². The van der Waals surface area contributed by atoms with Gasteiger partial charge in [-0.2, -0.15) is 0 Å². The summed E-state index contributed by atoms with van der Waals surface area (Å²) in [5, 5.41) is 5.86. The third-order valence-electron chi connectivity index (χ3n) is 3.50. The highest BCUT2D eigenvalue weighted by Gasteiger charge is 2.19. The fourth-order valence-corrected chi connectivity index (χ4v) is 2.29. The van der Waals surface area contributed by atoms with Crippen molar-refractivity contribution in [1.82, 2.24) is 5.32 Å². The van der Waals surface area contributed by atoms with E-state index in [0.29, 0.717) is 17.2 Å². The maximum absolute atomic E-state index is 14.4. The Morgan fingerprint density at radius 3 is 2.31 bits per heavy atom. The third kappa shape index (κ3) is 5.37. The first kappa shape index (κ1) is 19.6. The summed E-state index contributed by atoms with van der Waals surface area (Å²) in [5.41, 5.74) is 0.163. The highest BCUT2D eigenvalue weighted by atomic mass is 19.1. The highest BCUT2D eigenvalue weighted by Crippen LogP contribution is 2.33. The van der Waals surface area contributed by atoms with E-state index in [1.807, 2.05) is 20.8 Å². The zero-order valence-corrected chi connectivity index (χ0v) is 15.7. The van der Waals surface area contributed by atoms with E-state index in [0.717, 1.165) is 0 Å². The number of ether oxygens (including phenoxy) is 2. The molecule has 0 saturated heterocycles. The summed E-state index contributed by atoms with van der Waals surface area (Å²) >= 11 is 0. The van der Waals surface area contributed by atoms with Gasteiger partial charge in [-0.3, -0.25) is 4.79 Å². The lowest BCUT2D eigenvalue weighted by Crippen LogP contribution is -2.47. The minimum Gasteiger partial charge on any atom is -0.493 e. The van der Waals surface area contributed by atoms with Crippen molar-refractivity contribution in [2.24, 2.45) is 0 Å². The molecule has 0 heterocycles. The van der Waals surface area contributed by atoms with Crippen molar-refractivity contribution >= 4 is 11.6 Å². The van der Waals surface area contributed by atoms with Crippen LogP contribution >= 0.6 is 0 Å². The van der Waals surface area contributed by atoms with Gasteiger partial charge >= 0.3 is 0 Å². The summed E-state index contributed by atoms with van der Waals surface area (Å²) in [4.78, 5) is 12.1. The van der Waals surface area contributed by atoms with Crippen LogP contribution in [0, 0.1) is 5.82 Å². The lowest BCUT2D eigenvalue weighted by molar-refractivity contribution is -0.122. The molecule has 2 N–H and O–H groups in total. The van der Waals surface area contributed by atoms with Gasteiger partial charge in [-0.1, -0.05) is 12.1 Å². The zero-order valence-electron chi connectivity index (χ0n) is 15.7. The van der Waals surface area contributed by atoms with Crippen LogP contribution in [-0.2, 0) is 4.79 Å². The molecule has 0 aliphatic carbocycles. The molecule has 1 amide bonds. The van der Waals surface area contributed by atoms with Gasteiger partial charge in [-0.15, -0.1) is 0 Å². The Hall–Kier alpha value is -2.76. The van der Waals surface area contributed by atoms with Crippen molar-refractivity contribution < 1.29 is 18.7 Å². The van der Waals surface area contributed by atoms with Gasteiger partial charge in [0.05, 0.1) is 7.11 Å². The lowest BCUT2D eigenvalue weighted by Gasteiger charge is -2.24. The molecular formula is C20H25FN2O3. The standard InChI is InChI=1S/C20H25FN2O3/c1-13(19(24)23-20(2,3)4)22-14-10-11-16(15(21)12-14)26-18-9-7-6-8-17(18)25-5/h6-13,22H,1-5H3,(H,23,24). The molecule has 0 fully saturated rings. The van der Waals surface area contributed by atoms with E-state index in [1.54, 1.807) is 37.3 Å². The molecule has 0 aromatic heterocycles. The van der Waals surface area contributed by atoms with Crippen molar-refractivity contribution in [3.05, 3.63) is 48.3 Å². The van der Waals surface area contributed by atoms with Gasteiger partial charge in [-0.05, 0) is 52.0 Å². The minimum atomic E-state index is -0.538. The van der Waals surface area contributed by atoms with E-state index in [2.05, 4.69) is 10.6 Å². The maximum atomic E-state index is 14.4. The molecular weight excluding hydrogens is 335 g/mol. The fraction of sp³-hybridized carbons (Fsp3) is 0.350. The number of rotatable bonds is 6. The summed E-state index contributed by atoms with van der Waals surface area (Å²) in [6, 6.07) is 11.0. The van der Waals surface area contributed by atoms with Crippen LogP contribution in [0.2, 0.25) is 0 Å². The molecule has 0 saturated carbocycles. The largest absolute Gasteiger partial charge is 0.493 e. The fourth-order valence-electron chi connectivity index (χ4n) is 2.29. The second-order valence-corrected chi connectivity index (χ2v) is 7.00. The molecule has 0 bridgehead atoms. The first-order valence-corrected chi connectivity index (χ1v) is 8.38. The molecule has 6 heteroatoms. The van der Waals surface area contributed by atoms with E-state index in [9.17, 15) is 9.18 Å². The number of nitrogens with one attached hydrogen (secondary N) is 2. The molecule has 0 radical (unpaired) electrons. The molecule has 2 aromatic carbocycles. The number of halogens is 1. The molecule has 1 atom stereocenters. The summed E-state index contributed by atoms with van der Waals surface area (Å²) in [5.74, 6) is 0.317. The first-order valence-electron chi connectivity index (χ1n) is 8.38. The smallest absolute Gasteiger partial charge is 0.242 e. The van der Waals surface area contributed by atoms with E-state index in [4.69, 9.17) is 9.47 Å². The number of methoxy groups -OCH3 is 1. The Morgan fingerprint density at radius 1 is 1.08 bits per heavy atom. The van der Waals surface area contributed by atoms with Gasteiger partial charge in [0.15, 0.2) is 23.1 Å². The van der Waals surface area contributed by atoms with Gasteiger partial charge in [0.2, 0.25) is 5.91 Å². The molecule has 26 heavy (non-hydrogen) atoms. The van der Waals surface area contributed by atoms with Gasteiger partial charge in [-0.25, -0.2) is 4.39 Å². The predicted octanol–water partition coefficient (Wildman–Crippen LogP) is 4.34. The quantitative estimate of drug-likeness (QED) is 0.804. The average Bonchev–Trinajstić information content (AvgIpc) is 2.56. The van der Waals surface area contributed by atoms with E-state index >= 15 is 0 Å². The molecule has 0 aliphatic rings. The highest BCUT2D eigenvalue weighted by molar-refractivity contribution is 5.84. The number of amides is 1. The van der Waals surface area contributed by atoms with Crippen molar-refractivity contribution in [1.29, 1.82) is 0 Å². The zero-order chi connectivity index (χ0) is 19.3. The number of benzene rings is 2. The van der Waals surface area contributed by atoms with Crippen LogP contribution in [0.1, 0.15) is 27.7 Å². The number of para-hydroxylation sites is 2. The first-order chi connectivity index (χ1) is 12.2.